The third-order valence-electron chi connectivity index (χ3n) is 3.26. The fourth-order valence-corrected chi connectivity index (χ4v) is 2.21. The second-order valence-corrected chi connectivity index (χ2v) is 6.34. The van der Waals surface area contributed by atoms with Gasteiger partial charge < -0.3 is 14.7 Å². The van der Waals surface area contributed by atoms with E-state index in [9.17, 15) is 9.90 Å². The van der Waals surface area contributed by atoms with Crippen molar-refractivity contribution >= 4 is 6.09 Å². The Morgan fingerprint density at radius 1 is 1.39 bits per heavy atom. The maximum atomic E-state index is 11.9. The van der Waals surface area contributed by atoms with Crippen LogP contribution in [0.1, 0.15) is 53.4 Å². The standard InChI is InChI=1S/C14H27NO3/c1-11(16)5-6-12-7-9-15(10-8-12)13(17)18-14(2,3)4/h11-12,16H,5-10H2,1-4H3. The van der Waals surface area contributed by atoms with E-state index in [1.54, 1.807) is 4.90 Å². The van der Waals surface area contributed by atoms with Gasteiger partial charge in [0.1, 0.15) is 5.60 Å². The van der Waals surface area contributed by atoms with Gasteiger partial charge in [0.25, 0.3) is 0 Å². The summed E-state index contributed by atoms with van der Waals surface area (Å²) in [4.78, 5) is 13.6. The van der Waals surface area contributed by atoms with Crippen LogP contribution in [-0.4, -0.2) is 40.9 Å². The van der Waals surface area contributed by atoms with Crippen LogP contribution in [0.5, 0.6) is 0 Å². The van der Waals surface area contributed by atoms with Crippen molar-refractivity contribution in [3.05, 3.63) is 0 Å². The summed E-state index contributed by atoms with van der Waals surface area (Å²) in [6.07, 6.45) is 3.54. The van der Waals surface area contributed by atoms with Crippen molar-refractivity contribution in [2.24, 2.45) is 5.92 Å². The molecule has 0 aromatic heterocycles. The lowest BCUT2D eigenvalue weighted by Gasteiger charge is -2.33. The zero-order valence-corrected chi connectivity index (χ0v) is 12.1. The highest BCUT2D eigenvalue weighted by atomic mass is 16.6. The summed E-state index contributed by atoms with van der Waals surface area (Å²) in [7, 11) is 0. The Morgan fingerprint density at radius 2 is 1.94 bits per heavy atom. The number of aliphatic hydroxyl groups is 1. The molecule has 1 N–H and O–H groups in total. The highest BCUT2D eigenvalue weighted by Gasteiger charge is 2.26. The first kappa shape index (κ1) is 15.3. The Labute approximate surface area is 110 Å². The van der Waals surface area contributed by atoms with Crippen molar-refractivity contribution in [1.82, 2.24) is 4.90 Å². The summed E-state index contributed by atoms with van der Waals surface area (Å²) in [5.74, 6) is 0.637. The third kappa shape index (κ3) is 5.71. The molecule has 1 aliphatic heterocycles. The Hall–Kier alpha value is -0.770. The topological polar surface area (TPSA) is 49.8 Å². The molecule has 0 aliphatic carbocycles. The van der Waals surface area contributed by atoms with Crippen LogP contribution < -0.4 is 0 Å². The highest BCUT2D eigenvalue weighted by molar-refractivity contribution is 5.68. The number of carbonyl (C=O) groups excluding carboxylic acids is 1. The summed E-state index contributed by atoms with van der Waals surface area (Å²) in [5, 5.41) is 9.27. The van der Waals surface area contributed by atoms with Crippen LogP contribution in [-0.2, 0) is 4.74 Å². The van der Waals surface area contributed by atoms with Gasteiger partial charge >= 0.3 is 6.09 Å². The van der Waals surface area contributed by atoms with Crippen molar-refractivity contribution < 1.29 is 14.6 Å². The van der Waals surface area contributed by atoms with E-state index in [-0.39, 0.29) is 12.2 Å². The minimum Gasteiger partial charge on any atom is -0.444 e. The number of amides is 1. The van der Waals surface area contributed by atoms with E-state index in [4.69, 9.17) is 4.74 Å². The van der Waals surface area contributed by atoms with Crippen LogP contribution in [0.25, 0.3) is 0 Å². The van der Waals surface area contributed by atoms with Crippen molar-refractivity contribution in [3.63, 3.8) is 0 Å². The normalized spacial score (nSPS) is 19.7. The molecule has 1 heterocycles. The Kier molecular flexibility index (Phi) is 5.45. The molecule has 4 nitrogen and oxygen atoms in total. The number of ether oxygens (including phenoxy) is 1. The molecule has 0 aromatic rings. The molecule has 0 bridgehead atoms. The lowest BCUT2D eigenvalue weighted by molar-refractivity contribution is 0.0175. The minimum absolute atomic E-state index is 0.198. The van der Waals surface area contributed by atoms with Crippen molar-refractivity contribution in [2.75, 3.05) is 13.1 Å². The predicted octanol–water partition coefficient (Wildman–Crippen LogP) is 2.79. The van der Waals surface area contributed by atoms with E-state index >= 15 is 0 Å². The molecule has 1 atom stereocenters. The van der Waals surface area contributed by atoms with E-state index in [1.807, 2.05) is 27.7 Å². The van der Waals surface area contributed by atoms with Gasteiger partial charge in [0.05, 0.1) is 6.10 Å². The number of piperidine rings is 1. The number of rotatable bonds is 3. The highest BCUT2D eigenvalue weighted by Crippen LogP contribution is 2.23. The molecule has 0 spiro atoms. The number of nitrogens with zero attached hydrogens (tertiary/aromatic N) is 1. The molecule has 0 radical (unpaired) electrons. The molecule has 0 aromatic carbocycles. The second kappa shape index (κ2) is 6.41. The van der Waals surface area contributed by atoms with Crippen LogP contribution in [0, 0.1) is 5.92 Å². The first-order valence-corrected chi connectivity index (χ1v) is 6.94. The molecular formula is C14H27NO3. The van der Waals surface area contributed by atoms with Crippen LogP contribution in [0.15, 0.2) is 0 Å². The summed E-state index contributed by atoms with van der Waals surface area (Å²) < 4.78 is 5.36. The second-order valence-electron chi connectivity index (χ2n) is 6.34. The first-order valence-electron chi connectivity index (χ1n) is 6.94. The average molecular weight is 257 g/mol. The summed E-state index contributed by atoms with van der Waals surface area (Å²) >= 11 is 0. The third-order valence-corrected chi connectivity index (χ3v) is 3.26. The molecule has 1 unspecified atom stereocenters. The average Bonchev–Trinajstić information content (AvgIpc) is 2.24. The quantitative estimate of drug-likeness (QED) is 0.845. The molecule has 18 heavy (non-hydrogen) atoms. The van der Waals surface area contributed by atoms with Gasteiger partial charge in [-0.15, -0.1) is 0 Å². The maximum Gasteiger partial charge on any atom is 0.410 e. The van der Waals surface area contributed by atoms with Gasteiger partial charge in [0.2, 0.25) is 0 Å². The first-order chi connectivity index (χ1) is 8.28. The SMILES string of the molecule is CC(O)CCC1CCN(C(=O)OC(C)(C)C)CC1. The summed E-state index contributed by atoms with van der Waals surface area (Å²) in [6.45, 7) is 9.05. The van der Waals surface area contributed by atoms with E-state index in [0.717, 1.165) is 38.8 Å². The molecule has 0 saturated carbocycles. The summed E-state index contributed by atoms with van der Waals surface area (Å²) in [5.41, 5.74) is -0.416. The van der Waals surface area contributed by atoms with Gasteiger partial charge in [-0.25, -0.2) is 4.79 Å². The predicted molar refractivity (Wildman–Crippen MR) is 71.4 cm³/mol. The van der Waals surface area contributed by atoms with Gasteiger partial charge in [-0.05, 0) is 59.3 Å². The zero-order valence-electron chi connectivity index (χ0n) is 12.1. The molecule has 4 heteroatoms. The van der Waals surface area contributed by atoms with Crippen LogP contribution in [0.2, 0.25) is 0 Å². The molecule has 1 amide bonds. The van der Waals surface area contributed by atoms with Crippen LogP contribution in [0.4, 0.5) is 4.79 Å². The zero-order chi connectivity index (χ0) is 13.8. The van der Waals surface area contributed by atoms with Gasteiger partial charge in [-0.3, -0.25) is 0 Å². The molecule has 1 rings (SSSR count). The van der Waals surface area contributed by atoms with Gasteiger partial charge in [0.15, 0.2) is 0 Å². The van der Waals surface area contributed by atoms with Crippen LogP contribution >= 0.6 is 0 Å². The molecular weight excluding hydrogens is 230 g/mol. The number of likely N-dealkylation sites (tertiary alicyclic amines) is 1. The van der Waals surface area contributed by atoms with Gasteiger partial charge in [-0.1, -0.05) is 0 Å². The Bertz CT molecular complexity index is 263. The largest absolute Gasteiger partial charge is 0.444 e. The number of aliphatic hydroxyl groups excluding tert-OH is 1. The molecule has 1 saturated heterocycles. The van der Waals surface area contributed by atoms with E-state index in [0.29, 0.717) is 5.92 Å². The Morgan fingerprint density at radius 3 is 2.39 bits per heavy atom. The fourth-order valence-electron chi connectivity index (χ4n) is 2.21. The minimum atomic E-state index is -0.416. The van der Waals surface area contributed by atoms with Gasteiger partial charge in [0, 0.05) is 13.1 Å². The van der Waals surface area contributed by atoms with E-state index < -0.39 is 5.60 Å². The lowest BCUT2D eigenvalue weighted by Crippen LogP contribution is -2.41. The molecule has 1 aliphatic rings. The smallest absolute Gasteiger partial charge is 0.410 e. The van der Waals surface area contributed by atoms with Crippen molar-refractivity contribution in [3.8, 4) is 0 Å². The lowest BCUT2D eigenvalue weighted by atomic mass is 9.91. The van der Waals surface area contributed by atoms with E-state index in [1.165, 1.54) is 0 Å². The maximum absolute atomic E-state index is 11.9. The van der Waals surface area contributed by atoms with Gasteiger partial charge in [-0.2, -0.15) is 0 Å². The monoisotopic (exact) mass is 257 g/mol. The summed E-state index contributed by atoms with van der Waals surface area (Å²) in [6, 6.07) is 0. The number of hydrogen-bond donors (Lipinski definition) is 1. The van der Waals surface area contributed by atoms with E-state index in [2.05, 4.69) is 0 Å². The fraction of sp³-hybridized carbons (Fsp3) is 0.929. The van der Waals surface area contributed by atoms with Crippen LogP contribution in [0.3, 0.4) is 0 Å². The number of hydrogen-bond acceptors (Lipinski definition) is 3. The number of carbonyl (C=O) groups is 1. The Balaban J connectivity index is 2.28. The van der Waals surface area contributed by atoms with Crippen molar-refractivity contribution in [1.29, 1.82) is 0 Å². The molecule has 1 fully saturated rings. The van der Waals surface area contributed by atoms with Crippen molar-refractivity contribution in [2.45, 2.75) is 65.1 Å². The molecule has 106 valence electrons.